The molecule has 1 aromatic rings. The number of rotatable bonds is 4. The number of nitrogen functional groups attached to an aromatic ring is 1. The van der Waals surface area contributed by atoms with Crippen LogP contribution < -0.4 is 10.6 Å². The smallest absolute Gasteiger partial charge is 0.221 e. The van der Waals surface area contributed by atoms with Crippen LogP contribution in [0.1, 0.15) is 19.8 Å². The van der Waals surface area contributed by atoms with Crippen LogP contribution in [0.25, 0.3) is 0 Å². The molecule has 0 aromatic carbocycles. The second-order valence-electron chi connectivity index (χ2n) is 4.58. The molecule has 0 radical (unpaired) electrons. The van der Waals surface area contributed by atoms with E-state index >= 15 is 0 Å². The monoisotopic (exact) mass is 235 g/mol. The molecule has 2 rings (SSSR count). The van der Waals surface area contributed by atoms with Crippen LogP contribution in [0.4, 0.5) is 11.8 Å². The van der Waals surface area contributed by atoms with Gasteiger partial charge in [-0.1, -0.05) is 6.92 Å². The van der Waals surface area contributed by atoms with Crippen LogP contribution in [0, 0.1) is 0 Å². The molecule has 0 aliphatic carbocycles. The van der Waals surface area contributed by atoms with Crippen molar-refractivity contribution in [1.82, 2.24) is 14.9 Å². The van der Waals surface area contributed by atoms with Gasteiger partial charge in [0.15, 0.2) is 0 Å². The van der Waals surface area contributed by atoms with E-state index < -0.39 is 0 Å². The lowest BCUT2D eigenvalue weighted by molar-refractivity contribution is 0.270. The van der Waals surface area contributed by atoms with E-state index in [4.69, 9.17) is 5.73 Å². The Morgan fingerprint density at radius 3 is 3.12 bits per heavy atom. The third-order valence-corrected chi connectivity index (χ3v) is 3.44. The lowest BCUT2D eigenvalue weighted by Gasteiger charge is -2.28. The Kier molecular flexibility index (Phi) is 3.78. The molecule has 0 bridgehead atoms. The number of hydrogen-bond acceptors (Lipinski definition) is 5. The molecule has 5 heteroatoms. The van der Waals surface area contributed by atoms with Crippen molar-refractivity contribution in [3.63, 3.8) is 0 Å². The quantitative estimate of drug-likeness (QED) is 0.843. The van der Waals surface area contributed by atoms with E-state index in [1.807, 2.05) is 6.07 Å². The predicted molar refractivity (Wildman–Crippen MR) is 70.0 cm³/mol. The lowest BCUT2D eigenvalue weighted by atomic mass is 10.2. The first-order valence-corrected chi connectivity index (χ1v) is 6.24. The van der Waals surface area contributed by atoms with Gasteiger partial charge in [0.25, 0.3) is 0 Å². The van der Waals surface area contributed by atoms with E-state index in [9.17, 15) is 0 Å². The zero-order valence-corrected chi connectivity index (χ0v) is 10.6. The highest BCUT2D eigenvalue weighted by Crippen LogP contribution is 2.19. The minimum atomic E-state index is 0.341. The summed E-state index contributed by atoms with van der Waals surface area (Å²) in [5.74, 6) is 1.24. The van der Waals surface area contributed by atoms with Crippen LogP contribution in [-0.2, 0) is 0 Å². The fourth-order valence-electron chi connectivity index (χ4n) is 2.50. The molecule has 2 N–H and O–H groups in total. The van der Waals surface area contributed by atoms with Crippen molar-refractivity contribution in [2.24, 2.45) is 0 Å². The summed E-state index contributed by atoms with van der Waals surface area (Å²) in [7, 11) is 2.06. The molecule has 1 aliphatic rings. The molecule has 0 spiro atoms. The molecule has 0 amide bonds. The predicted octanol–water partition coefficient (Wildman–Crippen LogP) is 0.979. The number of likely N-dealkylation sites (N-methyl/N-ethyl adjacent to an activating group) is 2. The summed E-state index contributed by atoms with van der Waals surface area (Å²) < 4.78 is 0. The summed E-state index contributed by atoms with van der Waals surface area (Å²) in [5.41, 5.74) is 5.60. The van der Waals surface area contributed by atoms with E-state index in [1.54, 1.807) is 6.20 Å². The molecule has 17 heavy (non-hydrogen) atoms. The van der Waals surface area contributed by atoms with Crippen molar-refractivity contribution >= 4 is 11.8 Å². The highest BCUT2D eigenvalue weighted by molar-refractivity contribution is 5.40. The number of nitrogens with two attached hydrogens (primary N) is 1. The lowest BCUT2D eigenvalue weighted by Crippen LogP contribution is -2.39. The number of nitrogens with zero attached hydrogens (tertiary/aromatic N) is 4. The summed E-state index contributed by atoms with van der Waals surface area (Å²) in [6.07, 6.45) is 4.29. The Morgan fingerprint density at radius 2 is 2.41 bits per heavy atom. The first kappa shape index (κ1) is 12.1. The van der Waals surface area contributed by atoms with Crippen molar-refractivity contribution in [3.8, 4) is 0 Å². The Hall–Kier alpha value is -1.36. The summed E-state index contributed by atoms with van der Waals surface area (Å²) in [5, 5.41) is 0. The van der Waals surface area contributed by atoms with Gasteiger partial charge in [0.05, 0.1) is 0 Å². The van der Waals surface area contributed by atoms with Crippen molar-refractivity contribution < 1.29 is 0 Å². The molecule has 1 aliphatic heterocycles. The van der Waals surface area contributed by atoms with Crippen LogP contribution >= 0.6 is 0 Å². The van der Waals surface area contributed by atoms with Gasteiger partial charge in [-0.15, -0.1) is 0 Å². The van der Waals surface area contributed by atoms with E-state index in [0.717, 1.165) is 18.9 Å². The molecular formula is C12H21N5. The van der Waals surface area contributed by atoms with Gasteiger partial charge in [0.1, 0.15) is 5.82 Å². The fraction of sp³-hybridized carbons (Fsp3) is 0.667. The van der Waals surface area contributed by atoms with Gasteiger partial charge in [0.2, 0.25) is 5.95 Å². The third kappa shape index (κ3) is 2.85. The zero-order chi connectivity index (χ0) is 12.3. The van der Waals surface area contributed by atoms with Gasteiger partial charge >= 0.3 is 0 Å². The van der Waals surface area contributed by atoms with Gasteiger partial charge in [0, 0.05) is 25.8 Å². The van der Waals surface area contributed by atoms with Crippen LogP contribution in [0.3, 0.4) is 0 Å². The summed E-state index contributed by atoms with van der Waals surface area (Å²) >= 11 is 0. The maximum atomic E-state index is 5.60. The number of hydrogen-bond donors (Lipinski definition) is 1. The average Bonchev–Trinajstić information content (AvgIpc) is 2.76. The first-order valence-electron chi connectivity index (χ1n) is 6.24. The third-order valence-electron chi connectivity index (χ3n) is 3.44. The summed E-state index contributed by atoms with van der Waals surface area (Å²) in [6, 6.07) is 2.54. The SMILES string of the molecule is CCN1CCCC1CN(C)c1ccnc(N)n1. The van der Waals surface area contributed by atoms with Gasteiger partial charge in [-0.05, 0) is 32.0 Å². The fourth-order valence-corrected chi connectivity index (χ4v) is 2.50. The second-order valence-corrected chi connectivity index (χ2v) is 4.58. The maximum absolute atomic E-state index is 5.60. The Bertz CT molecular complexity index is 368. The highest BCUT2D eigenvalue weighted by atomic mass is 15.2. The van der Waals surface area contributed by atoms with Crippen LogP contribution in [0.2, 0.25) is 0 Å². The van der Waals surface area contributed by atoms with Gasteiger partial charge in [-0.3, -0.25) is 4.90 Å². The zero-order valence-electron chi connectivity index (χ0n) is 10.6. The largest absolute Gasteiger partial charge is 0.368 e. The number of likely N-dealkylation sites (tertiary alicyclic amines) is 1. The van der Waals surface area contributed by atoms with E-state index in [2.05, 4.69) is 33.7 Å². The van der Waals surface area contributed by atoms with Crippen molar-refractivity contribution in [2.45, 2.75) is 25.8 Å². The topological polar surface area (TPSA) is 58.3 Å². The first-order chi connectivity index (χ1) is 8.20. The molecule has 5 nitrogen and oxygen atoms in total. The summed E-state index contributed by atoms with van der Waals surface area (Å²) in [6.45, 7) is 5.58. The van der Waals surface area contributed by atoms with Gasteiger partial charge in [-0.25, -0.2) is 4.98 Å². The van der Waals surface area contributed by atoms with Gasteiger partial charge in [-0.2, -0.15) is 4.98 Å². The minimum absolute atomic E-state index is 0.341. The van der Waals surface area contributed by atoms with Crippen molar-refractivity contribution in [1.29, 1.82) is 0 Å². The molecular weight excluding hydrogens is 214 g/mol. The minimum Gasteiger partial charge on any atom is -0.368 e. The summed E-state index contributed by atoms with van der Waals surface area (Å²) in [4.78, 5) is 12.8. The molecule has 1 fully saturated rings. The van der Waals surface area contributed by atoms with E-state index in [1.165, 1.54) is 19.4 Å². The molecule has 1 saturated heterocycles. The van der Waals surface area contributed by atoms with Crippen LogP contribution in [0.15, 0.2) is 12.3 Å². The van der Waals surface area contributed by atoms with Crippen molar-refractivity contribution in [3.05, 3.63) is 12.3 Å². The molecule has 0 saturated carbocycles. The number of anilines is 2. The molecule has 1 unspecified atom stereocenters. The standard InChI is InChI=1S/C12H21N5/c1-3-17-8-4-5-10(17)9-16(2)11-6-7-14-12(13)15-11/h6-7,10H,3-5,8-9H2,1-2H3,(H2,13,14,15). The maximum Gasteiger partial charge on any atom is 0.221 e. The molecule has 1 atom stereocenters. The van der Waals surface area contributed by atoms with E-state index in [0.29, 0.717) is 12.0 Å². The second kappa shape index (κ2) is 5.31. The highest BCUT2D eigenvalue weighted by Gasteiger charge is 2.24. The molecule has 1 aromatic heterocycles. The van der Waals surface area contributed by atoms with Crippen LogP contribution in [0.5, 0.6) is 0 Å². The van der Waals surface area contributed by atoms with Gasteiger partial charge < -0.3 is 10.6 Å². The average molecular weight is 235 g/mol. The Morgan fingerprint density at radius 1 is 1.59 bits per heavy atom. The van der Waals surface area contributed by atoms with Crippen LogP contribution in [-0.4, -0.2) is 47.6 Å². The normalized spacial score (nSPS) is 20.7. The Balaban J connectivity index is 1.99. The number of aromatic nitrogens is 2. The van der Waals surface area contributed by atoms with E-state index in [-0.39, 0.29) is 0 Å². The van der Waals surface area contributed by atoms with Crippen molar-refractivity contribution in [2.75, 3.05) is 37.3 Å². The Labute approximate surface area is 103 Å². The molecule has 94 valence electrons. The molecule has 2 heterocycles.